The average Bonchev–Trinajstić information content (AvgIpc) is 2.94. The van der Waals surface area contributed by atoms with Crippen molar-refractivity contribution < 1.29 is 23.5 Å². The van der Waals surface area contributed by atoms with Crippen LogP contribution in [0.25, 0.3) is 0 Å². The first-order chi connectivity index (χ1) is 13.1. The lowest BCUT2D eigenvalue weighted by Gasteiger charge is -2.19. The van der Waals surface area contributed by atoms with Crippen molar-refractivity contribution in [3.8, 4) is 5.75 Å². The zero-order valence-electron chi connectivity index (χ0n) is 14.6. The van der Waals surface area contributed by atoms with Crippen LogP contribution in [0.15, 0.2) is 48.5 Å². The number of anilines is 1. The Bertz CT molecular complexity index is 885. The molecular weight excluding hydrogens is 349 g/mol. The first kappa shape index (κ1) is 17.4. The summed E-state index contributed by atoms with van der Waals surface area (Å²) in [6.45, 7) is 0. The highest BCUT2D eigenvalue weighted by Gasteiger charge is 2.48. The lowest BCUT2D eigenvalue weighted by Crippen LogP contribution is -2.30. The number of esters is 1. The van der Waals surface area contributed by atoms with Gasteiger partial charge >= 0.3 is 5.97 Å². The Morgan fingerprint density at radius 1 is 0.926 bits per heavy atom. The van der Waals surface area contributed by atoms with Crippen LogP contribution >= 0.6 is 0 Å². The second-order valence-corrected chi connectivity index (χ2v) is 6.87. The lowest BCUT2D eigenvalue weighted by molar-refractivity contribution is -0.122. The molecule has 0 bridgehead atoms. The second kappa shape index (κ2) is 6.95. The first-order valence-corrected chi connectivity index (χ1v) is 9.01. The lowest BCUT2D eigenvalue weighted by atomic mass is 9.81. The van der Waals surface area contributed by atoms with Gasteiger partial charge in [0.25, 0.3) is 0 Å². The highest BCUT2D eigenvalue weighted by Crippen LogP contribution is 2.40. The van der Waals surface area contributed by atoms with Crippen LogP contribution < -0.4 is 9.64 Å². The van der Waals surface area contributed by atoms with Gasteiger partial charge in [-0.3, -0.25) is 14.5 Å². The maximum Gasteiger partial charge on any atom is 0.346 e. The summed E-state index contributed by atoms with van der Waals surface area (Å²) < 4.78 is 18.8. The molecule has 1 saturated carbocycles. The number of halogens is 1. The molecule has 2 fully saturated rings. The molecule has 1 aliphatic heterocycles. The fourth-order valence-corrected chi connectivity index (χ4v) is 3.87. The summed E-state index contributed by atoms with van der Waals surface area (Å²) >= 11 is 0. The van der Waals surface area contributed by atoms with Crippen LogP contribution in [0.2, 0.25) is 0 Å². The molecule has 6 heteroatoms. The summed E-state index contributed by atoms with van der Waals surface area (Å²) in [5, 5.41) is 0. The van der Waals surface area contributed by atoms with Crippen LogP contribution in [-0.4, -0.2) is 17.8 Å². The van der Waals surface area contributed by atoms with Crippen LogP contribution in [0, 0.1) is 17.7 Å². The van der Waals surface area contributed by atoms with E-state index in [0.29, 0.717) is 5.69 Å². The van der Waals surface area contributed by atoms with Crippen molar-refractivity contribution in [2.45, 2.75) is 25.7 Å². The molecule has 2 atom stereocenters. The maximum absolute atomic E-state index is 13.7. The SMILES string of the molecule is O=C(Oc1ccc(N2C(=O)[C@H]3CCCC[C@@H]3C2=O)cc1)c1ccccc1F. The van der Waals surface area contributed by atoms with E-state index >= 15 is 0 Å². The van der Waals surface area contributed by atoms with Crippen molar-refractivity contribution in [3.05, 3.63) is 59.9 Å². The summed E-state index contributed by atoms with van der Waals surface area (Å²) in [5.41, 5.74) is 0.306. The van der Waals surface area contributed by atoms with E-state index in [-0.39, 0.29) is 35.0 Å². The summed E-state index contributed by atoms with van der Waals surface area (Å²) in [6, 6.07) is 11.7. The van der Waals surface area contributed by atoms with Crippen LogP contribution in [0.4, 0.5) is 10.1 Å². The molecule has 0 aromatic heterocycles. The molecule has 27 heavy (non-hydrogen) atoms. The van der Waals surface area contributed by atoms with Gasteiger partial charge in [0.05, 0.1) is 23.1 Å². The smallest absolute Gasteiger partial charge is 0.346 e. The molecular formula is C21H18FNO4. The Morgan fingerprint density at radius 2 is 1.52 bits per heavy atom. The van der Waals surface area contributed by atoms with E-state index in [2.05, 4.69) is 0 Å². The van der Waals surface area contributed by atoms with Gasteiger partial charge in [-0.15, -0.1) is 0 Å². The van der Waals surface area contributed by atoms with Crippen molar-refractivity contribution in [3.63, 3.8) is 0 Å². The minimum Gasteiger partial charge on any atom is -0.423 e. The van der Waals surface area contributed by atoms with Gasteiger partial charge in [-0.25, -0.2) is 9.18 Å². The van der Waals surface area contributed by atoms with E-state index in [4.69, 9.17) is 4.74 Å². The molecule has 0 spiro atoms. The average molecular weight is 367 g/mol. The standard InChI is InChI=1S/C21H18FNO4/c22-18-8-4-3-7-17(18)21(26)27-14-11-9-13(10-12-14)23-19(24)15-5-1-2-6-16(15)20(23)25/h3-4,7-12,15-16H,1-2,5-6H2/t15-,16-/m0/s1. The molecule has 5 nitrogen and oxygen atoms in total. The van der Waals surface area contributed by atoms with Gasteiger partial charge in [-0.1, -0.05) is 25.0 Å². The van der Waals surface area contributed by atoms with Crippen molar-refractivity contribution >= 4 is 23.5 Å². The van der Waals surface area contributed by atoms with E-state index in [1.165, 1.54) is 35.2 Å². The largest absolute Gasteiger partial charge is 0.423 e. The molecule has 4 rings (SSSR count). The number of benzene rings is 2. The van der Waals surface area contributed by atoms with Gasteiger partial charge in [0.15, 0.2) is 0 Å². The molecule has 2 aromatic carbocycles. The summed E-state index contributed by atoms with van der Waals surface area (Å²) in [7, 11) is 0. The van der Waals surface area contributed by atoms with Gasteiger partial charge in [-0.05, 0) is 49.2 Å². The number of carbonyl (C=O) groups is 3. The second-order valence-electron chi connectivity index (χ2n) is 6.87. The third-order valence-corrected chi connectivity index (χ3v) is 5.24. The molecule has 0 unspecified atom stereocenters. The number of rotatable bonds is 3. The molecule has 1 aliphatic carbocycles. The molecule has 2 amide bonds. The zero-order valence-corrected chi connectivity index (χ0v) is 14.6. The monoisotopic (exact) mass is 367 g/mol. The summed E-state index contributed by atoms with van der Waals surface area (Å²) in [6.07, 6.45) is 3.45. The predicted octanol–water partition coefficient (Wildman–Crippen LogP) is 3.72. The molecule has 1 saturated heterocycles. The molecule has 0 N–H and O–H groups in total. The van der Waals surface area contributed by atoms with Gasteiger partial charge < -0.3 is 4.74 Å². The van der Waals surface area contributed by atoms with E-state index in [1.807, 2.05) is 0 Å². The van der Waals surface area contributed by atoms with E-state index in [1.54, 1.807) is 18.2 Å². The van der Waals surface area contributed by atoms with Crippen LogP contribution in [0.3, 0.4) is 0 Å². The quantitative estimate of drug-likeness (QED) is 0.471. The number of amides is 2. The third-order valence-electron chi connectivity index (χ3n) is 5.24. The number of hydrogen-bond acceptors (Lipinski definition) is 4. The molecule has 2 aliphatic rings. The van der Waals surface area contributed by atoms with Crippen LogP contribution in [0.5, 0.6) is 5.75 Å². The Balaban J connectivity index is 1.51. The van der Waals surface area contributed by atoms with Crippen molar-refractivity contribution in [2.24, 2.45) is 11.8 Å². The maximum atomic E-state index is 13.7. The highest BCUT2D eigenvalue weighted by molar-refractivity contribution is 6.22. The number of hydrogen-bond donors (Lipinski definition) is 0. The summed E-state index contributed by atoms with van der Waals surface area (Å²) in [5.74, 6) is -1.99. The Kier molecular flexibility index (Phi) is 4.48. The van der Waals surface area contributed by atoms with Crippen molar-refractivity contribution in [2.75, 3.05) is 4.90 Å². The Labute approximate surface area is 155 Å². The van der Waals surface area contributed by atoms with Gasteiger partial charge in [0.1, 0.15) is 11.6 Å². The fraction of sp³-hybridized carbons (Fsp3) is 0.286. The topological polar surface area (TPSA) is 63.7 Å². The Morgan fingerprint density at radius 3 is 2.11 bits per heavy atom. The molecule has 0 radical (unpaired) electrons. The van der Waals surface area contributed by atoms with Crippen molar-refractivity contribution in [1.29, 1.82) is 0 Å². The van der Waals surface area contributed by atoms with Gasteiger partial charge in [0.2, 0.25) is 11.8 Å². The minimum atomic E-state index is -0.805. The molecule has 138 valence electrons. The number of carbonyl (C=O) groups excluding carboxylic acids is 3. The Hall–Kier alpha value is -3.02. The fourth-order valence-electron chi connectivity index (χ4n) is 3.87. The number of nitrogens with zero attached hydrogens (tertiary/aromatic N) is 1. The number of imide groups is 1. The molecule has 1 heterocycles. The van der Waals surface area contributed by atoms with E-state index in [9.17, 15) is 18.8 Å². The predicted molar refractivity (Wildman–Crippen MR) is 95.7 cm³/mol. The number of fused-ring (bicyclic) bond motifs is 1. The van der Waals surface area contributed by atoms with Crippen molar-refractivity contribution in [1.82, 2.24) is 0 Å². The highest BCUT2D eigenvalue weighted by atomic mass is 19.1. The number of ether oxygens (including phenoxy) is 1. The van der Waals surface area contributed by atoms with Gasteiger partial charge in [0, 0.05) is 0 Å². The summed E-state index contributed by atoms with van der Waals surface area (Å²) in [4.78, 5) is 38.5. The molecule has 2 aromatic rings. The van der Waals surface area contributed by atoms with E-state index < -0.39 is 11.8 Å². The van der Waals surface area contributed by atoms with E-state index in [0.717, 1.165) is 25.7 Å². The zero-order chi connectivity index (χ0) is 19.0. The third kappa shape index (κ3) is 3.12. The minimum absolute atomic E-state index is 0.152. The van der Waals surface area contributed by atoms with Crippen LogP contribution in [0.1, 0.15) is 36.0 Å². The van der Waals surface area contributed by atoms with Crippen LogP contribution in [-0.2, 0) is 9.59 Å². The van der Waals surface area contributed by atoms with Gasteiger partial charge in [-0.2, -0.15) is 0 Å². The first-order valence-electron chi connectivity index (χ1n) is 9.01. The normalized spacial score (nSPS) is 21.9.